The van der Waals surface area contributed by atoms with Crippen molar-refractivity contribution in [1.82, 2.24) is 4.98 Å². The molecule has 0 atom stereocenters. The van der Waals surface area contributed by atoms with Crippen LogP contribution in [0.2, 0.25) is 0 Å². The maximum absolute atomic E-state index is 12.0. The third-order valence-corrected chi connectivity index (χ3v) is 4.18. The SMILES string of the molecule is COC(=O)c1cc(-c2cc(C)cs2)nc2ccccc12. The molecular formula is C16H13NO2S. The highest BCUT2D eigenvalue weighted by atomic mass is 32.1. The number of pyridine rings is 1. The third kappa shape index (κ3) is 2.18. The lowest BCUT2D eigenvalue weighted by Gasteiger charge is -2.07. The third-order valence-electron chi connectivity index (χ3n) is 3.10. The number of benzene rings is 1. The molecule has 3 rings (SSSR count). The second-order valence-electron chi connectivity index (χ2n) is 4.55. The van der Waals surface area contributed by atoms with E-state index in [0.717, 1.165) is 21.5 Å². The molecule has 3 aromatic rings. The van der Waals surface area contributed by atoms with Crippen LogP contribution < -0.4 is 0 Å². The summed E-state index contributed by atoms with van der Waals surface area (Å²) >= 11 is 1.62. The lowest BCUT2D eigenvalue weighted by Crippen LogP contribution is -2.03. The smallest absolute Gasteiger partial charge is 0.338 e. The summed E-state index contributed by atoms with van der Waals surface area (Å²) in [6.07, 6.45) is 0. The number of fused-ring (bicyclic) bond motifs is 1. The van der Waals surface area contributed by atoms with Gasteiger partial charge in [0.25, 0.3) is 0 Å². The van der Waals surface area contributed by atoms with E-state index in [0.29, 0.717) is 5.56 Å². The number of aromatic nitrogens is 1. The van der Waals surface area contributed by atoms with Gasteiger partial charge in [-0.15, -0.1) is 11.3 Å². The van der Waals surface area contributed by atoms with E-state index in [1.165, 1.54) is 12.7 Å². The molecule has 0 aliphatic rings. The highest BCUT2D eigenvalue weighted by Crippen LogP contribution is 2.29. The van der Waals surface area contributed by atoms with Crippen molar-refractivity contribution >= 4 is 28.2 Å². The molecule has 100 valence electrons. The van der Waals surface area contributed by atoms with Crippen LogP contribution in [0.3, 0.4) is 0 Å². The molecule has 0 fully saturated rings. The van der Waals surface area contributed by atoms with Gasteiger partial charge in [-0.25, -0.2) is 9.78 Å². The second kappa shape index (κ2) is 5.06. The van der Waals surface area contributed by atoms with Crippen molar-refractivity contribution < 1.29 is 9.53 Å². The zero-order chi connectivity index (χ0) is 14.1. The topological polar surface area (TPSA) is 39.2 Å². The summed E-state index contributed by atoms with van der Waals surface area (Å²) in [7, 11) is 1.40. The zero-order valence-electron chi connectivity index (χ0n) is 11.2. The van der Waals surface area contributed by atoms with Gasteiger partial charge in [-0.1, -0.05) is 18.2 Å². The van der Waals surface area contributed by atoms with Gasteiger partial charge >= 0.3 is 5.97 Å². The normalized spacial score (nSPS) is 10.7. The van der Waals surface area contributed by atoms with E-state index < -0.39 is 0 Å². The molecule has 3 nitrogen and oxygen atoms in total. The maximum atomic E-state index is 12.0. The number of esters is 1. The van der Waals surface area contributed by atoms with Gasteiger partial charge in [-0.05, 0) is 36.1 Å². The average molecular weight is 283 g/mol. The van der Waals surface area contributed by atoms with E-state index in [9.17, 15) is 4.79 Å². The van der Waals surface area contributed by atoms with Crippen LogP contribution in [0.15, 0.2) is 41.8 Å². The maximum Gasteiger partial charge on any atom is 0.338 e. The van der Waals surface area contributed by atoms with Crippen LogP contribution in [-0.2, 0) is 4.74 Å². The first-order chi connectivity index (χ1) is 9.69. The first-order valence-corrected chi connectivity index (χ1v) is 7.10. The van der Waals surface area contributed by atoms with Gasteiger partial charge in [-0.3, -0.25) is 0 Å². The second-order valence-corrected chi connectivity index (χ2v) is 5.46. The molecule has 0 radical (unpaired) electrons. The molecule has 2 aromatic heterocycles. The van der Waals surface area contributed by atoms with E-state index in [1.54, 1.807) is 17.4 Å². The molecule has 0 bridgehead atoms. The quantitative estimate of drug-likeness (QED) is 0.666. The molecule has 0 spiro atoms. The van der Waals surface area contributed by atoms with Gasteiger partial charge in [0, 0.05) is 5.39 Å². The summed E-state index contributed by atoms with van der Waals surface area (Å²) in [4.78, 5) is 17.7. The number of ether oxygens (including phenoxy) is 1. The van der Waals surface area contributed by atoms with Gasteiger partial charge in [-0.2, -0.15) is 0 Å². The molecule has 0 aliphatic carbocycles. The van der Waals surface area contributed by atoms with E-state index in [4.69, 9.17) is 4.74 Å². The molecule has 0 N–H and O–H groups in total. The summed E-state index contributed by atoms with van der Waals surface area (Å²) in [5, 5.41) is 2.89. The molecule has 20 heavy (non-hydrogen) atoms. The zero-order valence-corrected chi connectivity index (χ0v) is 12.0. The molecule has 4 heteroatoms. The van der Waals surface area contributed by atoms with Crippen molar-refractivity contribution in [2.45, 2.75) is 6.92 Å². The van der Waals surface area contributed by atoms with Crippen molar-refractivity contribution in [2.24, 2.45) is 0 Å². The number of rotatable bonds is 2. The van der Waals surface area contributed by atoms with E-state index >= 15 is 0 Å². The summed E-state index contributed by atoms with van der Waals surface area (Å²) in [5.74, 6) is -0.335. The number of carbonyl (C=O) groups excluding carboxylic acids is 1. The molecule has 0 saturated carbocycles. The van der Waals surface area contributed by atoms with Gasteiger partial charge in [0.2, 0.25) is 0 Å². The molecule has 2 heterocycles. The number of carbonyl (C=O) groups is 1. The summed E-state index contributed by atoms with van der Waals surface area (Å²) in [6.45, 7) is 2.04. The van der Waals surface area contributed by atoms with Gasteiger partial charge in [0.05, 0.1) is 28.8 Å². The highest BCUT2D eigenvalue weighted by molar-refractivity contribution is 7.13. The van der Waals surface area contributed by atoms with Gasteiger partial charge in [0.15, 0.2) is 0 Å². The lowest BCUT2D eigenvalue weighted by molar-refractivity contribution is 0.0603. The molecule has 0 saturated heterocycles. The highest BCUT2D eigenvalue weighted by Gasteiger charge is 2.14. The number of hydrogen-bond donors (Lipinski definition) is 0. The molecule has 0 aliphatic heterocycles. The summed E-state index contributed by atoms with van der Waals surface area (Å²) in [6, 6.07) is 11.5. The Hall–Kier alpha value is -2.20. The number of methoxy groups -OCH3 is 1. The largest absolute Gasteiger partial charge is 0.465 e. The molecular weight excluding hydrogens is 270 g/mol. The van der Waals surface area contributed by atoms with Gasteiger partial charge < -0.3 is 4.74 Å². The van der Waals surface area contributed by atoms with Crippen LogP contribution in [-0.4, -0.2) is 18.1 Å². The standard InChI is InChI=1S/C16H13NO2S/c1-10-7-15(20-9-10)14-8-12(16(18)19-2)11-5-3-4-6-13(11)17-14/h3-9H,1-2H3. The average Bonchev–Trinajstić information content (AvgIpc) is 2.92. The lowest BCUT2D eigenvalue weighted by atomic mass is 10.1. The Morgan fingerprint density at radius 2 is 2.05 bits per heavy atom. The first-order valence-electron chi connectivity index (χ1n) is 6.22. The fourth-order valence-electron chi connectivity index (χ4n) is 2.15. The minimum Gasteiger partial charge on any atom is -0.465 e. The Morgan fingerprint density at radius 3 is 2.75 bits per heavy atom. The Balaban J connectivity index is 2.27. The van der Waals surface area contributed by atoms with Crippen molar-refractivity contribution in [2.75, 3.05) is 7.11 Å². The fraction of sp³-hybridized carbons (Fsp3) is 0.125. The minimum absolute atomic E-state index is 0.335. The van der Waals surface area contributed by atoms with Crippen molar-refractivity contribution in [3.05, 3.63) is 52.9 Å². The van der Waals surface area contributed by atoms with Crippen molar-refractivity contribution in [3.63, 3.8) is 0 Å². The molecule has 0 unspecified atom stereocenters. The number of aryl methyl sites for hydroxylation is 1. The predicted molar refractivity (Wildman–Crippen MR) is 81.1 cm³/mol. The van der Waals surface area contributed by atoms with Crippen molar-refractivity contribution in [3.8, 4) is 10.6 Å². The summed E-state index contributed by atoms with van der Waals surface area (Å²) < 4.78 is 4.88. The number of thiophene rings is 1. The summed E-state index contributed by atoms with van der Waals surface area (Å²) in [5.41, 5.74) is 3.36. The first kappa shape index (κ1) is 12.8. The van der Waals surface area contributed by atoms with E-state index in [1.807, 2.05) is 31.2 Å². The Labute approximate surface area is 120 Å². The van der Waals surface area contributed by atoms with Crippen LogP contribution >= 0.6 is 11.3 Å². The van der Waals surface area contributed by atoms with Gasteiger partial charge in [0.1, 0.15) is 0 Å². The fourth-order valence-corrected chi connectivity index (χ4v) is 3.01. The Kier molecular flexibility index (Phi) is 3.24. The van der Waals surface area contributed by atoms with Crippen LogP contribution in [0.5, 0.6) is 0 Å². The monoisotopic (exact) mass is 283 g/mol. The van der Waals surface area contributed by atoms with Crippen LogP contribution in [0.1, 0.15) is 15.9 Å². The minimum atomic E-state index is -0.335. The van der Waals surface area contributed by atoms with Crippen molar-refractivity contribution in [1.29, 1.82) is 0 Å². The molecule has 0 amide bonds. The molecule has 1 aromatic carbocycles. The van der Waals surface area contributed by atoms with Crippen LogP contribution in [0.25, 0.3) is 21.5 Å². The van der Waals surface area contributed by atoms with E-state index in [-0.39, 0.29) is 5.97 Å². The predicted octanol–water partition coefficient (Wildman–Crippen LogP) is 4.06. The van der Waals surface area contributed by atoms with Crippen LogP contribution in [0, 0.1) is 6.92 Å². The Morgan fingerprint density at radius 1 is 1.25 bits per heavy atom. The van der Waals surface area contributed by atoms with E-state index in [2.05, 4.69) is 16.4 Å². The number of para-hydroxylation sites is 1. The number of hydrogen-bond acceptors (Lipinski definition) is 4. The number of nitrogens with zero attached hydrogens (tertiary/aromatic N) is 1. The van der Waals surface area contributed by atoms with Crippen LogP contribution in [0.4, 0.5) is 0 Å². The Bertz CT molecular complexity index is 792.